The Hall–Kier alpha value is -0.880. The third kappa shape index (κ3) is 3.57. The minimum atomic E-state index is -0.386. The zero-order valence-corrected chi connectivity index (χ0v) is 11.8. The van der Waals surface area contributed by atoms with E-state index in [4.69, 9.17) is 4.74 Å². The maximum atomic E-state index is 13.7. The predicted octanol–water partition coefficient (Wildman–Crippen LogP) is 1.19. The van der Waals surface area contributed by atoms with E-state index >= 15 is 0 Å². The SMILES string of the molecule is COc1c(F)cccc1[C@@H](CO)N1CCNCC1.Cl. The molecule has 0 aromatic heterocycles. The van der Waals surface area contributed by atoms with Crippen molar-refractivity contribution >= 4 is 12.4 Å². The number of halogens is 2. The molecule has 0 spiro atoms. The topological polar surface area (TPSA) is 44.7 Å². The van der Waals surface area contributed by atoms with Gasteiger partial charge in [-0.1, -0.05) is 12.1 Å². The number of piperazine rings is 1. The number of aliphatic hydroxyl groups excluding tert-OH is 1. The fourth-order valence-electron chi connectivity index (χ4n) is 2.41. The van der Waals surface area contributed by atoms with Gasteiger partial charge >= 0.3 is 0 Å². The van der Waals surface area contributed by atoms with Crippen LogP contribution >= 0.6 is 12.4 Å². The summed E-state index contributed by atoms with van der Waals surface area (Å²) in [5.74, 6) is -0.154. The lowest BCUT2D eigenvalue weighted by Crippen LogP contribution is -2.46. The summed E-state index contributed by atoms with van der Waals surface area (Å²) in [7, 11) is 1.45. The Morgan fingerprint density at radius 1 is 1.42 bits per heavy atom. The van der Waals surface area contributed by atoms with Crippen LogP contribution < -0.4 is 10.1 Å². The zero-order valence-electron chi connectivity index (χ0n) is 10.9. The quantitative estimate of drug-likeness (QED) is 0.874. The first-order valence-electron chi connectivity index (χ1n) is 6.16. The van der Waals surface area contributed by atoms with Crippen molar-refractivity contribution in [2.45, 2.75) is 6.04 Å². The smallest absolute Gasteiger partial charge is 0.165 e. The molecule has 1 heterocycles. The summed E-state index contributed by atoms with van der Waals surface area (Å²) in [6.07, 6.45) is 0. The summed E-state index contributed by atoms with van der Waals surface area (Å²) in [5, 5.41) is 12.9. The molecule has 2 rings (SSSR count). The molecular weight excluding hydrogens is 271 g/mol. The minimum absolute atomic E-state index is 0. The first kappa shape index (κ1) is 16.2. The Balaban J connectivity index is 0.00000180. The van der Waals surface area contributed by atoms with Crippen LogP contribution in [0, 0.1) is 5.82 Å². The number of methoxy groups -OCH3 is 1. The maximum absolute atomic E-state index is 13.7. The van der Waals surface area contributed by atoms with Crippen molar-refractivity contribution in [3.8, 4) is 5.75 Å². The molecular formula is C13H20ClFN2O2. The van der Waals surface area contributed by atoms with Gasteiger partial charge in [0.1, 0.15) is 0 Å². The molecule has 1 aromatic carbocycles. The highest BCUT2D eigenvalue weighted by Crippen LogP contribution is 2.31. The second kappa shape index (κ2) is 7.65. The van der Waals surface area contributed by atoms with Crippen molar-refractivity contribution in [1.82, 2.24) is 10.2 Å². The Morgan fingerprint density at radius 3 is 2.68 bits per heavy atom. The molecule has 1 aliphatic rings. The van der Waals surface area contributed by atoms with E-state index < -0.39 is 0 Å². The standard InChI is InChI=1S/C13H19FN2O2.ClH/c1-18-13-10(3-2-4-11(13)14)12(9-17)16-7-5-15-6-8-16;/h2-4,12,15,17H,5-9H2,1H3;1H/t12-;/m1./s1. The number of nitrogens with one attached hydrogen (secondary N) is 1. The Labute approximate surface area is 119 Å². The molecule has 108 valence electrons. The lowest BCUT2D eigenvalue weighted by Gasteiger charge is -2.34. The highest BCUT2D eigenvalue weighted by molar-refractivity contribution is 5.85. The van der Waals surface area contributed by atoms with E-state index in [0.717, 1.165) is 26.2 Å². The van der Waals surface area contributed by atoms with E-state index in [9.17, 15) is 9.50 Å². The number of ether oxygens (including phenoxy) is 1. The molecule has 0 radical (unpaired) electrons. The van der Waals surface area contributed by atoms with Crippen LogP contribution in [0.1, 0.15) is 11.6 Å². The lowest BCUT2D eigenvalue weighted by atomic mass is 10.0. The second-order valence-corrected chi connectivity index (χ2v) is 4.35. The van der Waals surface area contributed by atoms with Gasteiger partial charge < -0.3 is 15.2 Å². The molecule has 1 saturated heterocycles. The van der Waals surface area contributed by atoms with Crippen LogP contribution in [0.15, 0.2) is 18.2 Å². The molecule has 0 saturated carbocycles. The Morgan fingerprint density at radius 2 is 2.11 bits per heavy atom. The summed E-state index contributed by atoms with van der Waals surface area (Å²) >= 11 is 0. The molecule has 1 aromatic rings. The first-order chi connectivity index (χ1) is 8.77. The monoisotopic (exact) mass is 290 g/mol. The number of para-hydroxylation sites is 1. The van der Waals surface area contributed by atoms with E-state index in [-0.39, 0.29) is 36.6 Å². The van der Waals surface area contributed by atoms with Crippen LogP contribution in [0.2, 0.25) is 0 Å². The van der Waals surface area contributed by atoms with Crippen LogP contribution in [0.5, 0.6) is 5.75 Å². The van der Waals surface area contributed by atoms with Gasteiger partial charge in [0.15, 0.2) is 11.6 Å². The number of hydrogen-bond acceptors (Lipinski definition) is 4. The average Bonchev–Trinajstić information content (AvgIpc) is 2.41. The second-order valence-electron chi connectivity index (χ2n) is 4.35. The Bertz CT molecular complexity index is 400. The Kier molecular flexibility index (Phi) is 6.51. The molecule has 0 amide bonds. The fraction of sp³-hybridized carbons (Fsp3) is 0.538. The van der Waals surface area contributed by atoms with Crippen LogP contribution in [0.3, 0.4) is 0 Å². The molecule has 0 bridgehead atoms. The van der Waals surface area contributed by atoms with Gasteiger partial charge in [-0.3, -0.25) is 4.90 Å². The predicted molar refractivity (Wildman–Crippen MR) is 74.5 cm³/mol. The van der Waals surface area contributed by atoms with E-state index in [1.54, 1.807) is 6.07 Å². The molecule has 1 fully saturated rings. The summed E-state index contributed by atoms with van der Waals surface area (Å²) in [6, 6.07) is 4.62. The van der Waals surface area contributed by atoms with Crippen LogP contribution in [0.25, 0.3) is 0 Å². The summed E-state index contributed by atoms with van der Waals surface area (Å²) < 4.78 is 18.8. The first-order valence-corrected chi connectivity index (χ1v) is 6.16. The largest absolute Gasteiger partial charge is 0.493 e. The van der Waals surface area contributed by atoms with Gasteiger partial charge in [-0.25, -0.2) is 4.39 Å². The fourth-order valence-corrected chi connectivity index (χ4v) is 2.41. The molecule has 6 heteroatoms. The van der Waals surface area contributed by atoms with Gasteiger partial charge in [-0.15, -0.1) is 12.4 Å². The van der Waals surface area contributed by atoms with Crippen molar-refractivity contribution in [2.24, 2.45) is 0 Å². The van der Waals surface area contributed by atoms with Crippen LogP contribution in [-0.2, 0) is 0 Å². The maximum Gasteiger partial charge on any atom is 0.165 e. The molecule has 19 heavy (non-hydrogen) atoms. The van der Waals surface area contributed by atoms with E-state index in [0.29, 0.717) is 5.56 Å². The minimum Gasteiger partial charge on any atom is -0.493 e. The van der Waals surface area contributed by atoms with Crippen LogP contribution in [0.4, 0.5) is 4.39 Å². The zero-order chi connectivity index (χ0) is 13.0. The van der Waals surface area contributed by atoms with Crippen molar-refractivity contribution < 1.29 is 14.2 Å². The van der Waals surface area contributed by atoms with Crippen molar-refractivity contribution in [2.75, 3.05) is 39.9 Å². The molecule has 0 aliphatic carbocycles. The summed E-state index contributed by atoms with van der Waals surface area (Å²) in [5.41, 5.74) is 0.710. The van der Waals surface area contributed by atoms with E-state index in [1.807, 2.05) is 6.07 Å². The van der Waals surface area contributed by atoms with E-state index in [2.05, 4.69) is 10.2 Å². The average molecular weight is 291 g/mol. The highest BCUT2D eigenvalue weighted by atomic mass is 35.5. The van der Waals surface area contributed by atoms with Crippen LogP contribution in [-0.4, -0.2) is 49.9 Å². The van der Waals surface area contributed by atoms with Crippen molar-refractivity contribution in [3.05, 3.63) is 29.6 Å². The number of hydrogen-bond donors (Lipinski definition) is 2. The van der Waals surface area contributed by atoms with Crippen molar-refractivity contribution in [3.63, 3.8) is 0 Å². The molecule has 1 aliphatic heterocycles. The lowest BCUT2D eigenvalue weighted by molar-refractivity contribution is 0.108. The number of rotatable bonds is 4. The van der Waals surface area contributed by atoms with Crippen molar-refractivity contribution in [1.29, 1.82) is 0 Å². The third-order valence-corrected chi connectivity index (χ3v) is 3.33. The highest BCUT2D eigenvalue weighted by Gasteiger charge is 2.25. The van der Waals surface area contributed by atoms with Gasteiger partial charge in [-0.2, -0.15) is 0 Å². The van der Waals surface area contributed by atoms with Gasteiger partial charge in [0.05, 0.1) is 19.8 Å². The number of aliphatic hydroxyl groups is 1. The normalized spacial score (nSPS) is 17.6. The third-order valence-electron chi connectivity index (χ3n) is 3.33. The number of benzene rings is 1. The summed E-state index contributed by atoms with van der Waals surface area (Å²) in [4.78, 5) is 2.15. The van der Waals surface area contributed by atoms with Gasteiger partial charge in [0.2, 0.25) is 0 Å². The summed E-state index contributed by atoms with van der Waals surface area (Å²) in [6.45, 7) is 3.40. The van der Waals surface area contributed by atoms with Gasteiger partial charge in [-0.05, 0) is 6.07 Å². The molecule has 1 atom stereocenters. The molecule has 2 N–H and O–H groups in total. The van der Waals surface area contributed by atoms with E-state index in [1.165, 1.54) is 13.2 Å². The number of nitrogens with zero attached hydrogens (tertiary/aromatic N) is 1. The molecule has 4 nitrogen and oxygen atoms in total. The van der Waals surface area contributed by atoms with Gasteiger partial charge in [0.25, 0.3) is 0 Å². The van der Waals surface area contributed by atoms with Gasteiger partial charge in [0, 0.05) is 31.7 Å². The molecule has 0 unspecified atom stereocenters.